The van der Waals surface area contributed by atoms with Gasteiger partial charge in [0.05, 0.1) is 16.8 Å². The number of aryl methyl sites for hydroxylation is 1. The Morgan fingerprint density at radius 2 is 1.96 bits per heavy atom. The Hall–Kier alpha value is -3.02. The number of nitro groups is 1. The average Bonchev–Trinajstić information content (AvgIpc) is 3.05. The Balaban J connectivity index is 1.88. The first kappa shape index (κ1) is 14.9. The Kier molecular flexibility index (Phi) is 4.14. The minimum Gasteiger partial charge on any atom is -0.261 e. The van der Waals surface area contributed by atoms with Crippen molar-refractivity contribution in [3.05, 3.63) is 70.8 Å². The molecule has 3 rings (SSSR count). The van der Waals surface area contributed by atoms with E-state index in [0.29, 0.717) is 0 Å². The molecular weight excluding hydrogens is 292 g/mol. The number of nitrogens with zero attached hydrogens (tertiary/aromatic N) is 4. The molecule has 23 heavy (non-hydrogen) atoms. The lowest BCUT2D eigenvalue weighted by Gasteiger charge is -2.03. The summed E-state index contributed by atoms with van der Waals surface area (Å²) in [6.07, 6.45) is 7.43. The zero-order valence-corrected chi connectivity index (χ0v) is 12.7. The predicted molar refractivity (Wildman–Crippen MR) is 87.4 cm³/mol. The fraction of sp³-hybridized carbons (Fsp3) is 0.176. The topological polar surface area (TPSA) is 73.8 Å². The van der Waals surface area contributed by atoms with Crippen LogP contribution in [0.4, 0.5) is 5.69 Å². The molecule has 0 amide bonds. The molecule has 0 atom stereocenters. The van der Waals surface area contributed by atoms with E-state index in [4.69, 9.17) is 0 Å². The molecule has 0 fully saturated rings. The first-order valence-corrected chi connectivity index (χ1v) is 7.42. The second-order valence-electron chi connectivity index (χ2n) is 5.23. The smallest absolute Gasteiger partial charge is 0.261 e. The zero-order chi connectivity index (χ0) is 16.2. The highest BCUT2D eigenvalue weighted by molar-refractivity contribution is 5.63. The van der Waals surface area contributed by atoms with Crippen molar-refractivity contribution in [2.45, 2.75) is 19.8 Å². The van der Waals surface area contributed by atoms with Gasteiger partial charge in [-0.05, 0) is 36.2 Å². The van der Waals surface area contributed by atoms with E-state index in [2.05, 4.69) is 17.0 Å². The van der Waals surface area contributed by atoms with Crippen LogP contribution in [-0.2, 0) is 6.42 Å². The van der Waals surface area contributed by atoms with E-state index in [1.807, 2.05) is 18.3 Å². The van der Waals surface area contributed by atoms with Crippen LogP contribution in [0.25, 0.3) is 16.8 Å². The normalized spacial score (nSPS) is 10.7. The summed E-state index contributed by atoms with van der Waals surface area (Å²) in [5.41, 5.74) is 3.88. The Morgan fingerprint density at radius 3 is 2.65 bits per heavy atom. The van der Waals surface area contributed by atoms with Crippen LogP contribution in [0, 0.1) is 10.1 Å². The highest BCUT2D eigenvalue weighted by atomic mass is 16.6. The van der Waals surface area contributed by atoms with Gasteiger partial charge >= 0.3 is 0 Å². The molecular formula is C17H16N4O2. The van der Waals surface area contributed by atoms with E-state index in [1.54, 1.807) is 29.2 Å². The van der Waals surface area contributed by atoms with Crippen molar-refractivity contribution in [2.75, 3.05) is 0 Å². The van der Waals surface area contributed by atoms with Gasteiger partial charge in [-0.25, -0.2) is 4.68 Å². The molecule has 0 unspecified atom stereocenters. The maximum atomic E-state index is 10.7. The molecule has 0 aliphatic rings. The first-order valence-electron chi connectivity index (χ1n) is 7.42. The third-order valence-corrected chi connectivity index (χ3v) is 3.56. The highest BCUT2D eigenvalue weighted by Crippen LogP contribution is 2.23. The van der Waals surface area contributed by atoms with Crippen molar-refractivity contribution in [2.24, 2.45) is 0 Å². The van der Waals surface area contributed by atoms with Gasteiger partial charge in [0.15, 0.2) is 0 Å². The molecule has 0 aliphatic heterocycles. The van der Waals surface area contributed by atoms with Gasteiger partial charge < -0.3 is 0 Å². The number of non-ortho nitro benzene ring substituents is 1. The van der Waals surface area contributed by atoms with Crippen molar-refractivity contribution in [1.82, 2.24) is 14.8 Å². The summed E-state index contributed by atoms with van der Waals surface area (Å²) in [6, 6.07) is 10.4. The molecule has 2 aromatic heterocycles. The Labute approximate surface area is 133 Å². The summed E-state index contributed by atoms with van der Waals surface area (Å²) < 4.78 is 1.79. The fourth-order valence-corrected chi connectivity index (χ4v) is 2.39. The lowest BCUT2D eigenvalue weighted by atomic mass is 10.1. The van der Waals surface area contributed by atoms with Crippen LogP contribution in [0.3, 0.4) is 0 Å². The Bertz CT molecular complexity index is 825. The van der Waals surface area contributed by atoms with E-state index in [9.17, 15) is 10.1 Å². The molecule has 0 bridgehead atoms. The minimum atomic E-state index is -0.403. The van der Waals surface area contributed by atoms with Crippen LogP contribution in [0.5, 0.6) is 0 Å². The number of aromatic nitrogens is 3. The highest BCUT2D eigenvalue weighted by Gasteiger charge is 2.08. The first-order chi connectivity index (χ1) is 11.2. The van der Waals surface area contributed by atoms with Crippen molar-refractivity contribution >= 4 is 5.69 Å². The number of benzene rings is 1. The van der Waals surface area contributed by atoms with Gasteiger partial charge in [-0.3, -0.25) is 15.1 Å². The van der Waals surface area contributed by atoms with Crippen molar-refractivity contribution < 1.29 is 4.92 Å². The SMILES string of the molecule is CCCc1cc(-n2cc(-c3ccc([N+](=O)[O-])cc3)cn2)ccn1. The van der Waals surface area contributed by atoms with Gasteiger partial charge in [0.1, 0.15) is 0 Å². The molecule has 6 heteroatoms. The molecule has 2 heterocycles. The van der Waals surface area contributed by atoms with Gasteiger partial charge in [0, 0.05) is 35.8 Å². The number of hydrogen-bond donors (Lipinski definition) is 0. The minimum absolute atomic E-state index is 0.0829. The van der Waals surface area contributed by atoms with Crippen LogP contribution in [0.15, 0.2) is 55.0 Å². The molecule has 3 aromatic rings. The quantitative estimate of drug-likeness (QED) is 0.531. The summed E-state index contributed by atoms with van der Waals surface area (Å²) in [5.74, 6) is 0. The third-order valence-electron chi connectivity index (χ3n) is 3.56. The lowest BCUT2D eigenvalue weighted by molar-refractivity contribution is -0.384. The summed E-state index contributed by atoms with van der Waals surface area (Å²) in [6.45, 7) is 2.12. The fourth-order valence-electron chi connectivity index (χ4n) is 2.39. The number of hydrogen-bond acceptors (Lipinski definition) is 4. The maximum Gasteiger partial charge on any atom is 0.269 e. The van der Waals surface area contributed by atoms with Gasteiger partial charge in [-0.1, -0.05) is 13.3 Å². The van der Waals surface area contributed by atoms with Crippen LogP contribution in [0.2, 0.25) is 0 Å². The van der Waals surface area contributed by atoms with Crippen molar-refractivity contribution in [1.29, 1.82) is 0 Å². The molecule has 0 saturated carbocycles. The molecule has 6 nitrogen and oxygen atoms in total. The van der Waals surface area contributed by atoms with E-state index in [-0.39, 0.29) is 5.69 Å². The van der Waals surface area contributed by atoms with E-state index in [0.717, 1.165) is 35.3 Å². The molecule has 0 saturated heterocycles. The second kappa shape index (κ2) is 6.39. The van der Waals surface area contributed by atoms with E-state index < -0.39 is 4.92 Å². The van der Waals surface area contributed by atoms with Crippen LogP contribution >= 0.6 is 0 Å². The molecule has 0 aliphatic carbocycles. The Morgan fingerprint density at radius 1 is 1.17 bits per heavy atom. The summed E-state index contributed by atoms with van der Waals surface area (Å²) in [4.78, 5) is 14.6. The maximum absolute atomic E-state index is 10.7. The second-order valence-corrected chi connectivity index (χ2v) is 5.23. The van der Waals surface area contributed by atoms with Crippen molar-refractivity contribution in [3.63, 3.8) is 0 Å². The molecule has 1 aromatic carbocycles. The molecule has 116 valence electrons. The van der Waals surface area contributed by atoms with Gasteiger partial charge in [-0.2, -0.15) is 5.10 Å². The number of pyridine rings is 1. The van der Waals surface area contributed by atoms with Crippen molar-refractivity contribution in [3.8, 4) is 16.8 Å². The van der Waals surface area contributed by atoms with E-state index >= 15 is 0 Å². The van der Waals surface area contributed by atoms with Crippen LogP contribution in [-0.4, -0.2) is 19.7 Å². The van der Waals surface area contributed by atoms with Gasteiger partial charge in [-0.15, -0.1) is 0 Å². The summed E-state index contributed by atoms with van der Waals surface area (Å²) in [7, 11) is 0. The zero-order valence-electron chi connectivity index (χ0n) is 12.7. The predicted octanol–water partition coefficient (Wildman–Crippen LogP) is 3.80. The monoisotopic (exact) mass is 308 g/mol. The average molecular weight is 308 g/mol. The van der Waals surface area contributed by atoms with Crippen LogP contribution < -0.4 is 0 Å². The van der Waals surface area contributed by atoms with Gasteiger partial charge in [0.25, 0.3) is 5.69 Å². The standard InChI is InChI=1S/C17H16N4O2/c1-2-3-15-10-17(8-9-18-15)20-12-14(11-19-20)13-4-6-16(7-5-13)21(22)23/h4-12H,2-3H2,1H3. The largest absolute Gasteiger partial charge is 0.269 e. The van der Waals surface area contributed by atoms with Crippen LogP contribution in [0.1, 0.15) is 19.0 Å². The third kappa shape index (κ3) is 3.26. The van der Waals surface area contributed by atoms with E-state index in [1.165, 1.54) is 12.1 Å². The summed E-state index contributed by atoms with van der Waals surface area (Å²) in [5, 5.41) is 15.1. The van der Waals surface area contributed by atoms with Gasteiger partial charge in [0.2, 0.25) is 0 Å². The molecule has 0 radical (unpaired) electrons. The lowest BCUT2D eigenvalue weighted by Crippen LogP contribution is -1.97. The number of nitro benzene ring substituents is 1. The summed E-state index contributed by atoms with van der Waals surface area (Å²) >= 11 is 0. The molecule has 0 spiro atoms. The number of rotatable bonds is 5. The molecule has 0 N–H and O–H groups in total.